The number of amides is 2. The third kappa shape index (κ3) is 3.73. The number of rotatable bonds is 7. The molecule has 8 nitrogen and oxygen atoms in total. The molecule has 1 N–H and O–H groups in total. The lowest BCUT2D eigenvalue weighted by Crippen LogP contribution is -2.63. The van der Waals surface area contributed by atoms with Crippen LogP contribution in [-0.4, -0.2) is 50.7 Å². The molecule has 2 aliphatic heterocycles. The Morgan fingerprint density at radius 3 is 2.56 bits per heavy atom. The Hall–Kier alpha value is -3.68. The van der Waals surface area contributed by atoms with E-state index >= 15 is 0 Å². The highest BCUT2D eigenvalue weighted by molar-refractivity contribution is 5.97. The molecule has 1 saturated heterocycles. The van der Waals surface area contributed by atoms with Gasteiger partial charge >= 0.3 is 0 Å². The molecule has 0 unspecified atom stereocenters. The van der Waals surface area contributed by atoms with Gasteiger partial charge in [0.1, 0.15) is 6.04 Å². The number of nitrogens with one attached hydrogen (secondary N) is 1. The van der Waals surface area contributed by atoms with Gasteiger partial charge in [0.05, 0.1) is 17.5 Å². The number of unbranched alkanes of at least 4 members (excludes halogenated alkanes) is 3. The number of fused-ring (bicyclic) bond motifs is 4. The third-order valence-corrected chi connectivity index (χ3v) is 7.04. The van der Waals surface area contributed by atoms with E-state index in [1.165, 1.54) is 12.1 Å². The second-order valence-corrected chi connectivity index (χ2v) is 9.16. The van der Waals surface area contributed by atoms with Crippen molar-refractivity contribution in [2.75, 3.05) is 13.1 Å². The third-order valence-electron chi connectivity index (χ3n) is 7.04. The fourth-order valence-corrected chi connectivity index (χ4v) is 5.37. The number of carbonyl (C=O) groups excluding carboxylic acids is 2. The lowest BCUT2D eigenvalue weighted by Gasteiger charge is -2.47. The van der Waals surface area contributed by atoms with E-state index in [-0.39, 0.29) is 24.0 Å². The van der Waals surface area contributed by atoms with Crippen LogP contribution in [0.1, 0.15) is 55.5 Å². The fraction of sp³-hybridized carbons (Fsp3) is 0.385. The average molecular weight is 461 g/mol. The quantitative estimate of drug-likeness (QED) is 0.322. The van der Waals surface area contributed by atoms with Crippen LogP contribution in [0.4, 0.5) is 5.69 Å². The molecule has 176 valence electrons. The Bertz CT molecular complexity index is 1250. The minimum absolute atomic E-state index is 0.00715. The van der Waals surface area contributed by atoms with Crippen LogP contribution in [0.15, 0.2) is 48.5 Å². The predicted molar refractivity (Wildman–Crippen MR) is 128 cm³/mol. The number of para-hydroxylation sites is 1. The van der Waals surface area contributed by atoms with Gasteiger partial charge < -0.3 is 14.8 Å². The summed E-state index contributed by atoms with van der Waals surface area (Å²) < 4.78 is 0. The average Bonchev–Trinajstić information content (AvgIpc) is 3.22. The Morgan fingerprint density at radius 2 is 1.82 bits per heavy atom. The minimum Gasteiger partial charge on any atom is -0.356 e. The summed E-state index contributed by atoms with van der Waals surface area (Å²) in [5.74, 6) is -0.105. The molecule has 2 amide bonds. The maximum Gasteiger partial charge on any atom is 0.269 e. The number of aromatic nitrogens is 1. The number of hydrogen-bond donors (Lipinski definition) is 1. The van der Waals surface area contributed by atoms with Crippen LogP contribution in [0.2, 0.25) is 0 Å². The van der Waals surface area contributed by atoms with E-state index < -0.39 is 17.0 Å². The number of nitro benzene ring substituents is 1. The van der Waals surface area contributed by atoms with Gasteiger partial charge in [-0.15, -0.1) is 0 Å². The lowest BCUT2D eigenvalue weighted by atomic mass is 9.86. The molecule has 2 aliphatic rings. The van der Waals surface area contributed by atoms with Gasteiger partial charge in [0.25, 0.3) is 5.69 Å². The molecule has 8 heteroatoms. The van der Waals surface area contributed by atoms with E-state index in [0.717, 1.165) is 53.4 Å². The molecule has 1 aromatic heterocycles. The Kier molecular flexibility index (Phi) is 5.81. The first-order valence-corrected chi connectivity index (χ1v) is 11.9. The number of piperazine rings is 1. The van der Waals surface area contributed by atoms with Crippen molar-refractivity contribution < 1.29 is 14.5 Å². The van der Waals surface area contributed by atoms with E-state index in [1.54, 1.807) is 21.9 Å². The highest BCUT2D eigenvalue weighted by Crippen LogP contribution is 2.42. The number of benzene rings is 2. The summed E-state index contributed by atoms with van der Waals surface area (Å²) in [6.45, 7) is 2.81. The Labute approximate surface area is 197 Å². The zero-order valence-electron chi connectivity index (χ0n) is 19.2. The zero-order chi connectivity index (χ0) is 23.8. The van der Waals surface area contributed by atoms with Crippen molar-refractivity contribution in [2.24, 2.45) is 0 Å². The number of carbonyl (C=O) groups is 2. The molecule has 1 fully saturated rings. The van der Waals surface area contributed by atoms with Gasteiger partial charge in [-0.1, -0.05) is 44.4 Å². The van der Waals surface area contributed by atoms with Gasteiger partial charge in [0.15, 0.2) is 0 Å². The van der Waals surface area contributed by atoms with Crippen LogP contribution in [0, 0.1) is 10.1 Å². The van der Waals surface area contributed by atoms with Crippen LogP contribution in [-0.2, 0) is 16.0 Å². The summed E-state index contributed by atoms with van der Waals surface area (Å²) in [5, 5.41) is 12.2. The normalized spacial score (nSPS) is 19.9. The molecule has 0 spiro atoms. The number of hydrogen-bond acceptors (Lipinski definition) is 4. The molecule has 5 rings (SSSR count). The molecule has 0 radical (unpaired) electrons. The second kappa shape index (κ2) is 8.93. The highest BCUT2D eigenvalue weighted by Gasteiger charge is 2.48. The molecule has 0 aliphatic carbocycles. The molecular formula is C26H28N4O4. The maximum atomic E-state index is 13.6. The lowest BCUT2D eigenvalue weighted by molar-refractivity contribution is -0.384. The molecule has 3 heterocycles. The summed E-state index contributed by atoms with van der Waals surface area (Å²) in [5.41, 5.74) is 3.61. The van der Waals surface area contributed by atoms with Crippen molar-refractivity contribution >= 4 is 28.4 Å². The minimum atomic E-state index is -0.584. The second-order valence-electron chi connectivity index (χ2n) is 9.16. The largest absolute Gasteiger partial charge is 0.356 e. The number of non-ortho nitro benzene ring substituents is 1. The van der Waals surface area contributed by atoms with Crippen molar-refractivity contribution in [3.05, 3.63) is 75.5 Å². The van der Waals surface area contributed by atoms with Gasteiger partial charge in [0.2, 0.25) is 11.8 Å². The summed E-state index contributed by atoms with van der Waals surface area (Å²) in [4.78, 5) is 44.7. The monoisotopic (exact) mass is 460 g/mol. The van der Waals surface area contributed by atoms with Crippen LogP contribution in [0.5, 0.6) is 0 Å². The number of aromatic amines is 1. The van der Waals surface area contributed by atoms with E-state index in [2.05, 4.69) is 11.9 Å². The van der Waals surface area contributed by atoms with Gasteiger partial charge in [-0.2, -0.15) is 0 Å². The molecule has 2 atom stereocenters. The van der Waals surface area contributed by atoms with Crippen LogP contribution in [0.25, 0.3) is 10.9 Å². The Morgan fingerprint density at radius 1 is 1.06 bits per heavy atom. The van der Waals surface area contributed by atoms with Crippen LogP contribution in [0.3, 0.4) is 0 Å². The molecule has 0 bridgehead atoms. The molecular weight excluding hydrogens is 432 g/mol. The van der Waals surface area contributed by atoms with Crippen molar-refractivity contribution in [2.45, 2.75) is 51.1 Å². The van der Waals surface area contributed by atoms with E-state index in [4.69, 9.17) is 0 Å². The fourth-order valence-electron chi connectivity index (χ4n) is 5.37. The first-order chi connectivity index (χ1) is 16.5. The number of H-pyrrole nitrogens is 1. The molecule has 3 aromatic rings. The van der Waals surface area contributed by atoms with Crippen molar-refractivity contribution in [1.82, 2.24) is 14.8 Å². The van der Waals surface area contributed by atoms with E-state index in [0.29, 0.717) is 13.0 Å². The topological polar surface area (TPSA) is 99.5 Å². The maximum absolute atomic E-state index is 13.6. The summed E-state index contributed by atoms with van der Waals surface area (Å²) >= 11 is 0. The van der Waals surface area contributed by atoms with Gasteiger partial charge in [0, 0.05) is 41.7 Å². The smallest absolute Gasteiger partial charge is 0.269 e. The highest BCUT2D eigenvalue weighted by atomic mass is 16.6. The standard InChI is InChI=1S/C26H28N4O4/c1-2-3-4-7-14-28-16-23(31)29-22(26(28)32)15-20-19-8-5-6-9-21(19)27-24(20)25(29)17-10-12-18(13-11-17)30(33)34/h5-6,8-13,22,25,27H,2-4,7,14-16H2,1H3/t22-,25-/m1/s1. The van der Waals surface area contributed by atoms with Crippen LogP contribution < -0.4 is 0 Å². The summed E-state index contributed by atoms with van der Waals surface area (Å²) in [6.07, 6.45) is 4.62. The SMILES string of the molecule is CCCCCCN1CC(=O)N2[C@H](c3ccc([N+](=O)[O-])cc3)c3[nH]c4ccccc4c3C[C@@H]2C1=O. The molecule has 2 aromatic carbocycles. The molecule has 34 heavy (non-hydrogen) atoms. The van der Waals surface area contributed by atoms with Crippen molar-refractivity contribution in [1.29, 1.82) is 0 Å². The van der Waals surface area contributed by atoms with Crippen molar-refractivity contribution in [3.63, 3.8) is 0 Å². The van der Waals surface area contributed by atoms with Crippen molar-refractivity contribution in [3.8, 4) is 0 Å². The van der Waals surface area contributed by atoms with Gasteiger partial charge in [-0.05, 0) is 35.7 Å². The molecule has 0 saturated carbocycles. The predicted octanol–water partition coefficient (Wildman–Crippen LogP) is 4.34. The van der Waals surface area contributed by atoms with Gasteiger partial charge in [-0.3, -0.25) is 19.7 Å². The summed E-state index contributed by atoms with van der Waals surface area (Å²) in [6, 6.07) is 13.2. The first-order valence-electron chi connectivity index (χ1n) is 11.9. The number of nitrogens with zero attached hydrogens (tertiary/aromatic N) is 3. The summed E-state index contributed by atoms with van der Waals surface area (Å²) in [7, 11) is 0. The van der Waals surface area contributed by atoms with Gasteiger partial charge in [-0.25, -0.2) is 0 Å². The Balaban J connectivity index is 1.56. The van der Waals surface area contributed by atoms with E-state index in [9.17, 15) is 19.7 Å². The van der Waals surface area contributed by atoms with Crippen LogP contribution >= 0.6 is 0 Å². The van der Waals surface area contributed by atoms with E-state index in [1.807, 2.05) is 24.3 Å². The zero-order valence-corrected chi connectivity index (χ0v) is 19.2. The first kappa shape index (κ1) is 22.1. The number of nitro groups is 1.